The summed E-state index contributed by atoms with van der Waals surface area (Å²) in [4.78, 5) is 87.3. The lowest BCUT2D eigenvalue weighted by atomic mass is 9.83. The molecule has 3 N–H and O–H groups in total. The van der Waals surface area contributed by atoms with Crippen LogP contribution in [0.5, 0.6) is 5.75 Å². The Bertz CT molecular complexity index is 1680. The fraction of sp³-hybridized carbons (Fsp3) is 0.765. The second-order valence-corrected chi connectivity index (χ2v) is 20.5. The van der Waals surface area contributed by atoms with Crippen molar-refractivity contribution in [3.8, 4) is 5.75 Å². The molecule has 1 aliphatic rings. The summed E-state index contributed by atoms with van der Waals surface area (Å²) >= 11 is 0. The molecule has 1 fully saturated rings. The number of aromatic hydroxyl groups is 1. The first kappa shape index (κ1) is 57.2. The van der Waals surface area contributed by atoms with Gasteiger partial charge in [0.25, 0.3) is 0 Å². The Kier molecular flexibility index (Phi) is 23.8. The Labute approximate surface area is 390 Å². The Morgan fingerprint density at radius 2 is 1.49 bits per heavy atom. The number of amides is 3. The van der Waals surface area contributed by atoms with E-state index in [-0.39, 0.29) is 78.5 Å². The Balaban J connectivity index is 2.29. The van der Waals surface area contributed by atoms with Crippen molar-refractivity contribution < 1.29 is 48.5 Å². The number of rotatable bonds is 29. The number of nitrogens with one attached hydrogen (secondary N) is 1. The van der Waals surface area contributed by atoms with E-state index in [1.807, 2.05) is 74.3 Å². The van der Waals surface area contributed by atoms with Crippen molar-refractivity contribution in [3.63, 3.8) is 0 Å². The van der Waals surface area contributed by atoms with Gasteiger partial charge in [0.1, 0.15) is 11.5 Å². The Morgan fingerprint density at radius 3 is 2.02 bits per heavy atom. The number of aliphatic carboxylic acids is 1. The van der Waals surface area contributed by atoms with Crippen LogP contribution in [0.1, 0.15) is 139 Å². The maximum atomic E-state index is 14.6. The molecule has 0 spiro atoms. The number of methoxy groups -OCH3 is 2. The predicted octanol–water partition coefficient (Wildman–Crippen LogP) is 7.18. The molecule has 14 nitrogen and oxygen atoms in total. The molecule has 2 rings (SSSR count). The second kappa shape index (κ2) is 27.1. The highest BCUT2D eigenvalue weighted by Crippen LogP contribution is 2.32. The summed E-state index contributed by atoms with van der Waals surface area (Å²) in [7, 11) is 6.78. The Morgan fingerprint density at radius 1 is 0.862 bits per heavy atom. The number of nitrogens with zero attached hydrogens (tertiary/aromatic N) is 3. The zero-order chi connectivity index (χ0) is 49.3. The number of carbonyl (C=O) groups excluding carboxylic acids is 5. The van der Waals surface area contributed by atoms with Crippen molar-refractivity contribution in [2.24, 2.45) is 35.5 Å². The third-order valence-electron chi connectivity index (χ3n) is 13.5. The predicted molar refractivity (Wildman–Crippen MR) is 254 cm³/mol. The molecule has 0 aromatic heterocycles. The fourth-order valence-corrected chi connectivity index (χ4v) is 9.70. The maximum absolute atomic E-state index is 14.6. The average Bonchev–Trinajstić information content (AvgIpc) is 3.71. The van der Waals surface area contributed by atoms with Gasteiger partial charge in [0.15, 0.2) is 5.78 Å². The molecule has 65 heavy (non-hydrogen) atoms. The molecule has 1 aliphatic heterocycles. The minimum absolute atomic E-state index is 0.00196. The van der Waals surface area contributed by atoms with Crippen LogP contribution in [0.3, 0.4) is 0 Å². The molecule has 0 aliphatic carbocycles. The third kappa shape index (κ3) is 17.7. The van der Waals surface area contributed by atoms with E-state index in [9.17, 15) is 33.9 Å². The molecule has 0 radical (unpaired) electrons. The van der Waals surface area contributed by atoms with Crippen molar-refractivity contribution in [2.45, 2.75) is 176 Å². The number of ketones is 2. The van der Waals surface area contributed by atoms with Crippen LogP contribution in [0.15, 0.2) is 24.3 Å². The average molecular weight is 915 g/mol. The van der Waals surface area contributed by atoms with Gasteiger partial charge in [-0.2, -0.15) is 0 Å². The molecule has 1 saturated heterocycles. The van der Waals surface area contributed by atoms with E-state index in [4.69, 9.17) is 14.6 Å². The van der Waals surface area contributed by atoms with Gasteiger partial charge in [0, 0.05) is 70.4 Å². The number of Topliss-reactive ketones (excluding diaryl/α,β-unsaturated/α-hetero) is 2. The molecule has 1 aromatic rings. The quantitative estimate of drug-likeness (QED) is 0.0693. The highest BCUT2D eigenvalue weighted by Gasteiger charge is 2.43. The molecule has 370 valence electrons. The zero-order valence-corrected chi connectivity index (χ0v) is 42.4. The zero-order valence-electron chi connectivity index (χ0n) is 42.4. The Hall–Kier alpha value is -3.88. The van der Waals surface area contributed by atoms with Crippen molar-refractivity contribution in [2.75, 3.05) is 41.4 Å². The van der Waals surface area contributed by atoms with Crippen LogP contribution in [0.2, 0.25) is 0 Å². The molecule has 1 aromatic carbocycles. The molecular weight excluding hydrogens is 829 g/mol. The van der Waals surface area contributed by atoms with Gasteiger partial charge in [-0.15, -0.1) is 0 Å². The SMILES string of the molecule is CC[C@H](C)[C@@H]([C@@H](CC(=O)N1CCC[C@H]1[C@H](OC)[C@@H](C)C(=O)C[C@@H](Cc1ccc(O)cc1)C(=O)NC(C)(C)C)OC)N(C)C(=O)[C@@H](CC(=O)[C@H](C(C)C)N(C)CCCCCC(=O)O)C(C)C. The molecule has 0 unspecified atom stereocenters. The number of hydrogen-bond donors (Lipinski definition) is 3. The summed E-state index contributed by atoms with van der Waals surface area (Å²) in [6, 6.07) is 5.36. The normalized spacial score (nSPS) is 18.2. The topological polar surface area (TPSA) is 183 Å². The second-order valence-electron chi connectivity index (χ2n) is 20.5. The number of phenolic OH excluding ortho intramolecular Hbond substituents is 1. The van der Waals surface area contributed by atoms with E-state index in [0.29, 0.717) is 38.8 Å². The molecule has 9 atom stereocenters. The van der Waals surface area contributed by atoms with Gasteiger partial charge in [0.2, 0.25) is 17.7 Å². The lowest BCUT2D eigenvalue weighted by Crippen LogP contribution is -2.54. The first-order valence-corrected chi connectivity index (χ1v) is 24.1. The van der Waals surface area contributed by atoms with Crippen molar-refractivity contribution in [1.29, 1.82) is 0 Å². The van der Waals surface area contributed by atoms with Crippen LogP contribution in [0, 0.1) is 35.5 Å². The lowest BCUT2D eigenvalue weighted by molar-refractivity contribution is -0.149. The van der Waals surface area contributed by atoms with Crippen LogP contribution < -0.4 is 5.32 Å². The summed E-state index contributed by atoms with van der Waals surface area (Å²) in [5.41, 5.74) is 0.311. The first-order valence-electron chi connectivity index (χ1n) is 24.1. The number of carboxylic acid groups (broad SMARTS) is 1. The van der Waals surface area contributed by atoms with Crippen molar-refractivity contribution in [1.82, 2.24) is 20.0 Å². The smallest absolute Gasteiger partial charge is 0.303 e. The van der Waals surface area contributed by atoms with Gasteiger partial charge in [-0.1, -0.05) is 73.4 Å². The maximum Gasteiger partial charge on any atom is 0.303 e. The molecular formula is C51H86N4O10. The number of likely N-dealkylation sites (N-methyl/N-ethyl adjacent to an activating group) is 2. The highest BCUT2D eigenvalue weighted by atomic mass is 16.5. The first-order chi connectivity index (χ1) is 30.4. The molecule has 3 amide bonds. The number of carboxylic acids is 1. The summed E-state index contributed by atoms with van der Waals surface area (Å²) in [6.45, 7) is 20.6. The minimum Gasteiger partial charge on any atom is -0.508 e. The van der Waals surface area contributed by atoms with Crippen LogP contribution in [-0.4, -0.2) is 137 Å². The van der Waals surface area contributed by atoms with Crippen LogP contribution in [0.25, 0.3) is 0 Å². The van der Waals surface area contributed by atoms with E-state index in [0.717, 1.165) is 24.8 Å². The van der Waals surface area contributed by atoms with Gasteiger partial charge in [-0.25, -0.2) is 0 Å². The van der Waals surface area contributed by atoms with Crippen LogP contribution >= 0.6 is 0 Å². The monoisotopic (exact) mass is 915 g/mol. The van der Waals surface area contributed by atoms with Crippen LogP contribution in [-0.2, 0) is 44.7 Å². The molecule has 14 heteroatoms. The van der Waals surface area contributed by atoms with E-state index in [2.05, 4.69) is 5.32 Å². The van der Waals surface area contributed by atoms with E-state index >= 15 is 0 Å². The highest BCUT2D eigenvalue weighted by molar-refractivity contribution is 5.90. The summed E-state index contributed by atoms with van der Waals surface area (Å²) in [6.07, 6.45) is 3.37. The number of ether oxygens (including phenoxy) is 2. The molecule has 1 heterocycles. The molecule has 0 saturated carbocycles. The van der Waals surface area contributed by atoms with Gasteiger partial charge in [-0.05, 0) is 102 Å². The fourth-order valence-electron chi connectivity index (χ4n) is 9.70. The summed E-state index contributed by atoms with van der Waals surface area (Å²) in [5, 5.41) is 21.8. The largest absolute Gasteiger partial charge is 0.508 e. The number of likely N-dealkylation sites (tertiary alicyclic amines) is 1. The van der Waals surface area contributed by atoms with Gasteiger partial charge >= 0.3 is 5.97 Å². The third-order valence-corrected chi connectivity index (χ3v) is 13.5. The summed E-state index contributed by atoms with van der Waals surface area (Å²) in [5.74, 6) is -3.49. The van der Waals surface area contributed by atoms with E-state index < -0.39 is 59.6 Å². The van der Waals surface area contributed by atoms with Crippen molar-refractivity contribution >= 4 is 35.3 Å². The molecule has 0 bridgehead atoms. The van der Waals surface area contributed by atoms with E-state index in [1.54, 1.807) is 62.3 Å². The standard InChI is InChI=1S/C51H86N4O10/c1-15-34(6)47(54(12)50(63)39(32(2)3)30-42(58)46(33(4)5)53(11)26-18-16-17-21-45(60)61)43(64-13)31-44(59)55-27-19-20-40(55)48(65-14)35(7)41(57)29-37(49(62)52-51(8,9)10)28-36-22-24-38(56)25-23-36/h22-25,32-35,37,39-40,43,46-48,56H,15-21,26-31H2,1-14H3,(H,52,62)(H,60,61)/t34-,35-,37+,39-,40-,43+,46-,47-,48+/m0/s1. The lowest BCUT2D eigenvalue weighted by Gasteiger charge is -2.41. The van der Waals surface area contributed by atoms with Crippen LogP contribution in [0.4, 0.5) is 0 Å². The summed E-state index contributed by atoms with van der Waals surface area (Å²) < 4.78 is 12.1. The van der Waals surface area contributed by atoms with Crippen molar-refractivity contribution in [3.05, 3.63) is 29.8 Å². The van der Waals surface area contributed by atoms with E-state index in [1.165, 1.54) is 0 Å². The number of phenols is 1. The number of benzene rings is 1. The minimum atomic E-state index is -0.813. The van der Waals surface area contributed by atoms with Gasteiger partial charge in [0.05, 0.1) is 36.8 Å². The number of unbranched alkanes of at least 4 members (excludes halogenated alkanes) is 2. The van der Waals surface area contributed by atoms with Gasteiger partial charge < -0.3 is 34.8 Å². The van der Waals surface area contributed by atoms with Gasteiger partial charge in [-0.3, -0.25) is 33.7 Å². The number of hydrogen-bond acceptors (Lipinski definition) is 10. The number of carbonyl (C=O) groups is 6.